The molecule has 4 nitrogen and oxygen atoms in total. The SMILES string of the molecule is O=C(CCCOc1cccc(F)c1)N1CCC2CCC(C1)N2. The minimum atomic E-state index is -0.305. The zero-order valence-electron chi connectivity index (χ0n) is 12.8. The predicted octanol–water partition coefficient (Wildman–Crippen LogP) is 2.34. The number of likely N-dealkylation sites (tertiary alicyclic amines) is 1. The Balaban J connectivity index is 1.39. The Morgan fingerprint density at radius 2 is 2.18 bits per heavy atom. The molecular weight excluding hydrogens is 283 g/mol. The molecule has 2 aliphatic heterocycles. The van der Waals surface area contributed by atoms with Gasteiger partial charge in [0.15, 0.2) is 0 Å². The predicted molar refractivity (Wildman–Crippen MR) is 82.3 cm³/mol. The van der Waals surface area contributed by atoms with E-state index in [1.165, 1.54) is 25.0 Å². The summed E-state index contributed by atoms with van der Waals surface area (Å²) in [7, 11) is 0. The fourth-order valence-electron chi connectivity index (χ4n) is 3.30. The molecular formula is C17H23FN2O2. The van der Waals surface area contributed by atoms with Crippen LogP contribution in [0.2, 0.25) is 0 Å². The van der Waals surface area contributed by atoms with Gasteiger partial charge in [0.2, 0.25) is 5.91 Å². The molecule has 2 fully saturated rings. The van der Waals surface area contributed by atoms with Crippen molar-refractivity contribution >= 4 is 5.91 Å². The molecule has 1 aromatic rings. The van der Waals surface area contributed by atoms with Gasteiger partial charge in [-0.25, -0.2) is 4.39 Å². The number of carbonyl (C=O) groups excluding carboxylic acids is 1. The van der Waals surface area contributed by atoms with Crippen molar-refractivity contribution in [2.24, 2.45) is 0 Å². The molecule has 3 rings (SSSR count). The summed E-state index contributed by atoms with van der Waals surface area (Å²) in [4.78, 5) is 14.3. The van der Waals surface area contributed by atoms with E-state index in [1.54, 1.807) is 12.1 Å². The largest absolute Gasteiger partial charge is 0.493 e. The monoisotopic (exact) mass is 306 g/mol. The molecule has 1 N–H and O–H groups in total. The molecule has 120 valence electrons. The van der Waals surface area contributed by atoms with E-state index in [1.807, 2.05) is 4.90 Å². The molecule has 0 aliphatic carbocycles. The average molecular weight is 306 g/mol. The summed E-state index contributed by atoms with van der Waals surface area (Å²) < 4.78 is 18.5. The van der Waals surface area contributed by atoms with Crippen LogP contribution in [-0.4, -0.2) is 42.6 Å². The smallest absolute Gasteiger partial charge is 0.222 e. The van der Waals surface area contributed by atoms with Crippen LogP contribution in [0.25, 0.3) is 0 Å². The zero-order chi connectivity index (χ0) is 15.4. The normalized spacial score (nSPS) is 24.1. The van der Waals surface area contributed by atoms with Gasteiger partial charge >= 0.3 is 0 Å². The van der Waals surface area contributed by atoms with E-state index in [2.05, 4.69) is 5.32 Å². The van der Waals surface area contributed by atoms with Crippen molar-refractivity contribution in [1.82, 2.24) is 10.2 Å². The minimum absolute atomic E-state index is 0.206. The van der Waals surface area contributed by atoms with Crippen LogP contribution >= 0.6 is 0 Å². The summed E-state index contributed by atoms with van der Waals surface area (Å²) in [5.41, 5.74) is 0. The maximum absolute atomic E-state index is 13.0. The molecule has 2 atom stereocenters. The maximum atomic E-state index is 13.0. The first-order valence-electron chi connectivity index (χ1n) is 8.13. The molecule has 2 heterocycles. The molecule has 0 spiro atoms. The first-order chi connectivity index (χ1) is 10.7. The van der Waals surface area contributed by atoms with E-state index < -0.39 is 0 Å². The molecule has 0 radical (unpaired) electrons. The molecule has 2 saturated heterocycles. The lowest BCUT2D eigenvalue weighted by atomic mass is 10.1. The fraction of sp³-hybridized carbons (Fsp3) is 0.588. The molecule has 2 unspecified atom stereocenters. The van der Waals surface area contributed by atoms with E-state index in [0.29, 0.717) is 37.3 Å². The van der Waals surface area contributed by atoms with Crippen LogP contribution in [0.15, 0.2) is 24.3 Å². The fourth-order valence-corrected chi connectivity index (χ4v) is 3.30. The van der Waals surface area contributed by atoms with Gasteiger partial charge in [-0.3, -0.25) is 4.79 Å². The molecule has 1 amide bonds. The number of fused-ring (bicyclic) bond motifs is 2. The zero-order valence-corrected chi connectivity index (χ0v) is 12.8. The Hall–Kier alpha value is -1.62. The van der Waals surface area contributed by atoms with Gasteiger partial charge in [-0.05, 0) is 37.8 Å². The van der Waals surface area contributed by atoms with Crippen molar-refractivity contribution in [3.63, 3.8) is 0 Å². The van der Waals surface area contributed by atoms with Crippen LogP contribution in [-0.2, 0) is 4.79 Å². The number of benzene rings is 1. The van der Waals surface area contributed by atoms with Gasteiger partial charge in [0.25, 0.3) is 0 Å². The molecule has 5 heteroatoms. The van der Waals surface area contributed by atoms with Gasteiger partial charge in [0.05, 0.1) is 6.61 Å². The number of hydrogen-bond acceptors (Lipinski definition) is 3. The molecule has 0 saturated carbocycles. The van der Waals surface area contributed by atoms with Gasteiger partial charge in [-0.1, -0.05) is 6.07 Å². The van der Waals surface area contributed by atoms with E-state index in [4.69, 9.17) is 4.74 Å². The van der Waals surface area contributed by atoms with Crippen molar-refractivity contribution in [3.05, 3.63) is 30.1 Å². The Morgan fingerprint density at radius 1 is 1.32 bits per heavy atom. The first kappa shape index (κ1) is 15.3. The average Bonchev–Trinajstić information content (AvgIpc) is 2.83. The second kappa shape index (κ2) is 7.09. The van der Waals surface area contributed by atoms with Crippen molar-refractivity contribution in [2.45, 2.75) is 44.2 Å². The number of halogens is 1. The van der Waals surface area contributed by atoms with Gasteiger partial charge in [-0.15, -0.1) is 0 Å². The maximum Gasteiger partial charge on any atom is 0.222 e. The Morgan fingerprint density at radius 3 is 3.05 bits per heavy atom. The molecule has 0 aromatic heterocycles. The van der Waals surface area contributed by atoms with Gasteiger partial charge < -0.3 is 15.0 Å². The van der Waals surface area contributed by atoms with Crippen LogP contribution in [0.3, 0.4) is 0 Å². The van der Waals surface area contributed by atoms with Crippen LogP contribution in [0.4, 0.5) is 4.39 Å². The highest BCUT2D eigenvalue weighted by Gasteiger charge is 2.30. The summed E-state index contributed by atoms with van der Waals surface area (Å²) in [6.07, 6.45) is 4.63. The van der Waals surface area contributed by atoms with E-state index in [0.717, 1.165) is 19.5 Å². The van der Waals surface area contributed by atoms with Crippen molar-refractivity contribution < 1.29 is 13.9 Å². The molecule has 1 aromatic carbocycles. The van der Waals surface area contributed by atoms with E-state index in [9.17, 15) is 9.18 Å². The minimum Gasteiger partial charge on any atom is -0.493 e. The third-order valence-corrected chi connectivity index (χ3v) is 4.48. The van der Waals surface area contributed by atoms with Crippen molar-refractivity contribution in [2.75, 3.05) is 19.7 Å². The second-order valence-electron chi connectivity index (χ2n) is 6.18. The highest BCUT2D eigenvalue weighted by Crippen LogP contribution is 2.21. The topological polar surface area (TPSA) is 41.6 Å². The Kier molecular flexibility index (Phi) is 4.93. The molecule has 2 aliphatic rings. The Bertz CT molecular complexity index is 523. The van der Waals surface area contributed by atoms with Gasteiger partial charge in [0.1, 0.15) is 11.6 Å². The summed E-state index contributed by atoms with van der Waals surface area (Å²) in [6, 6.07) is 7.16. The number of carbonyl (C=O) groups is 1. The summed E-state index contributed by atoms with van der Waals surface area (Å²) in [5.74, 6) is 0.418. The lowest BCUT2D eigenvalue weighted by molar-refractivity contribution is -0.131. The highest BCUT2D eigenvalue weighted by molar-refractivity contribution is 5.76. The summed E-state index contributed by atoms with van der Waals surface area (Å²) in [6.45, 7) is 2.13. The number of hydrogen-bond donors (Lipinski definition) is 1. The van der Waals surface area contributed by atoms with Gasteiger partial charge in [-0.2, -0.15) is 0 Å². The third-order valence-electron chi connectivity index (χ3n) is 4.48. The lowest BCUT2D eigenvalue weighted by Crippen LogP contribution is -2.39. The van der Waals surface area contributed by atoms with Crippen LogP contribution < -0.4 is 10.1 Å². The van der Waals surface area contributed by atoms with Crippen LogP contribution in [0.5, 0.6) is 5.75 Å². The standard InChI is InChI=1S/C17H23FN2O2/c18-13-3-1-4-16(11-13)22-10-2-5-17(21)20-9-8-14-6-7-15(12-20)19-14/h1,3-4,11,14-15,19H,2,5-10,12H2. The van der Waals surface area contributed by atoms with E-state index >= 15 is 0 Å². The number of nitrogens with zero attached hydrogens (tertiary/aromatic N) is 1. The van der Waals surface area contributed by atoms with Gasteiger partial charge in [0, 0.05) is 37.7 Å². The quantitative estimate of drug-likeness (QED) is 0.849. The number of amides is 1. The highest BCUT2D eigenvalue weighted by atomic mass is 19.1. The Labute approximate surface area is 130 Å². The first-order valence-corrected chi connectivity index (χ1v) is 8.13. The molecule has 22 heavy (non-hydrogen) atoms. The number of rotatable bonds is 5. The van der Waals surface area contributed by atoms with Crippen molar-refractivity contribution in [1.29, 1.82) is 0 Å². The van der Waals surface area contributed by atoms with Crippen LogP contribution in [0.1, 0.15) is 32.1 Å². The van der Waals surface area contributed by atoms with Crippen LogP contribution in [0, 0.1) is 5.82 Å². The molecule has 2 bridgehead atoms. The van der Waals surface area contributed by atoms with Crippen molar-refractivity contribution in [3.8, 4) is 5.75 Å². The second-order valence-corrected chi connectivity index (χ2v) is 6.18. The third kappa shape index (κ3) is 3.97. The summed E-state index contributed by atoms with van der Waals surface area (Å²) in [5, 5.41) is 3.58. The number of nitrogens with one attached hydrogen (secondary N) is 1. The summed E-state index contributed by atoms with van der Waals surface area (Å²) >= 11 is 0. The lowest BCUT2D eigenvalue weighted by Gasteiger charge is -2.24. The number of ether oxygens (including phenoxy) is 1. The van der Waals surface area contributed by atoms with E-state index in [-0.39, 0.29) is 11.7 Å².